The van der Waals surface area contributed by atoms with Gasteiger partial charge in [0.15, 0.2) is 0 Å². The molecule has 2 heterocycles. The van der Waals surface area contributed by atoms with Crippen molar-refractivity contribution in [1.29, 1.82) is 0 Å². The van der Waals surface area contributed by atoms with Gasteiger partial charge in [-0.3, -0.25) is 9.59 Å². The van der Waals surface area contributed by atoms with E-state index >= 15 is 0 Å². The van der Waals surface area contributed by atoms with Gasteiger partial charge in [0.2, 0.25) is 5.91 Å². The third-order valence-electron chi connectivity index (χ3n) is 5.32. The number of fused-ring (bicyclic) bond motifs is 1. The molecular formula is C16H22N2O4. The van der Waals surface area contributed by atoms with Gasteiger partial charge in [0.1, 0.15) is 5.76 Å². The Bertz CT molecular complexity index is 590. The molecule has 22 heavy (non-hydrogen) atoms. The van der Waals surface area contributed by atoms with Gasteiger partial charge in [-0.1, -0.05) is 11.6 Å². The van der Waals surface area contributed by atoms with Crippen molar-refractivity contribution >= 4 is 11.9 Å². The molecule has 1 saturated heterocycles. The average Bonchev–Trinajstić information content (AvgIpc) is 3.14. The summed E-state index contributed by atoms with van der Waals surface area (Å²) in [5.41, 5.74) is 1.13. The topological polar surface area (TPSA) is 72.6 Å². The summed E-state index contributed by atoms with van der Waals surface area (Å²) in [6, 6.07) is 0. The van der Waals surface area contributed by atoms with Crippen LogP contribution in [0, 0.1) is 25.2 Å². The summed E-state index contributed by atoms with van der Waals surface area (Å²) in [4.78, 5) is 26.6. The van der Waals surface area contributed by atoms with Crippen molar-refractivity contribution in [2.45, 2.75) is 39.5 Å². The largest absolute Gasteiger partial charge is 0.469 e. The smallest absolute Gasteiger partial charge is 0.313 e. The van der Waals surface area contributed by atoms with E-state index in [1.165, 1.54) is 7.11 Å². The lowest BCUT2D eigenvalue weighted by molar-refractivity contribution is -0.153. The van der Waals surface area contributed by atoms with Crippen LogP contribution < -0.4 is 0 Å². The number of amides is 1. The number of nitrogens with zero attached hydrogens (tertiary/aromatic N) is 2. The summed E-state index contributed by atoms with van der Waals surface area (Å²) >= 11 is 0. The van der Waals surface area contributed by atoms with Crippen LogP contribution in [0.25, 0.3) is 0 Å². The van der Waals surface area contributed by atoms with E-state index in [4.69, 9.17) is 9.26 Å². The van der Waals surface area contributed by atoms with E-state index in [9.17, 15) is 9.59 Å². The highest BCUT2D eigenvalue weighted by atomic mass is 16.5. The third-order valence-corrected chi connectivity index (χ3v) is 5.32. The van der Waals surface area contributed by atoms with Gasteiger partial charge in [-0.2, -0.15) is 0 Å². The maximum atomic E-state index is 12.6. The van der Waals surface area contributed by atoms with E-state index in [0.29, 0.717) is 18.8 Å². The third kappa shape index (κ3) is 2.21. The lowest BCUT2D eigenvalue weighted by Gasteiger charge is -2.25. The van der Waals surface area contributed by atoms with Crippen molar-refractivity contribution < 1.29 is 18.8 Å². The van der Waals surface area contributed by atoms with Crippen LogP contribution in [0.15, 0.2) is 4.52 Å². The van der Waals surface area contributed by atoms with Gasteiger partial charge in [-0.15, -0.1) is 0 Å². The molecule has 120 valence electrons. The fraction of sp³-hybridized carbons (Fsp3) is 0.688. The summed E-state index contributed by atoms with van der Waals surface area (Å²) in [5.74, 6) is 0.788. The Balaban J connectivity index is 1.75. The fourth-order valence-corrected chi connectivity index (χ4v) is 4.03. The molecule has 2 fully saturated rings. The zero-order valence-corrected chi connectivity index (χ0v) is 13.3. The molecule has 0 radical (unpaired) electrons. The summed E-state index contributed by atoms with van der Waals surface area (Å²) < 4.78 is 10.1. The van der Waals surface area contributed by atoms with E-state index in [-0.39, 0.29) is 24.2 Å². The molecule has 1 aromatic heterocycles. The minimum atomic E-state index is -0.483. The summed E-state index contributed by atoms with van der Waals surface area (Å²) in [6.45, 7) is 4.79. The monoisotopic (exact) mass is 306 g/mol. The Morgan fingerprint density at radius 3 is 2.86 bits per heavy atom. The second-order valence-electron chi connectivity index (χ2n) is 6.49. The molecule has 1 aliphatic heterocycles. The van der Waals surface area contributed by atoms with Crippen LogP contribution in [0.5, 0.6) is 0 Å². The zero-order chi connectivity index (χ0) is 15.9. The number of hydrogen-bond donors (Lipinski definition) is 0. The Morgan fingerprint density at radius 1 is 1.45 bits per heavy atom. The van der Waals surface area contributed by atoms with Crippen molar-refractivity contribution in [2.75, 3.05) is 20.2 Å². The van der Waals surface area contributed by atoms with Crippen LogP contribution in [-0.2, 0) is 20.7 Å². The van der Waals surface area contributed by atoms with E-state index in [1.54, 1.807) is 0 Å². The van der Waals surface area contributed by atoms with E-state index in [0.717, 1.165) is 30.5 Å². The predicted molar refractivity (Wildman–Crippen MR) is 78.1 cm³/mol. The lowest BCUT2D eigenvalue weighted by atomic mass is 9.81. The maximum Gasteiger partial charge on any atom is 0.313 e. The second-order valence-corrected chi connectivity index (χ2v) is 6.49. The van der Waals surface area contributed by atoms with E-state index in [1.807, 2.05) is 18.7 Å². The second kappa shape index (κ2) is 5.41. The summed E-state index contributed by atoms with van der Waals surface area (Å²) in [6.07, 6.45) is 3.13. The normalized spacial score (nSPS) is 27.0. The van der Waals surface area contributed by atoms with Crippen LogP contribution in [0.3, 0.4) is 0 Å². The molecule has 6 heteroatoms. The summed E-state index contributed by atoms with van der Waals surface area (Å²) in [5, 5.41) is 3.89. The highest BCUT2D eigenvalue weighted by Crippen LogP contribution is 2.49. The molecule has 1 aliphatic carbocycles. The van der Waals surface area contributed by atoms with Gasteiger partial charge in [-0.05, 0) is 32.6 Å². The van der Waals surface area contributed by atoms with Crippen molar-refractivity contribution in [3.05, 3.63) is 17.0 Å². The Morgan fingerprint density at radius 2 is 2.23 bits per heavy atom. The molecule has 0 unspecified atom stereocenters. The molecule has 1 amide bonds. The number of carbonyl (C=O) groups excluding carboxylic acids is 2. The first kappa shape index (κ1) is 15.1. The average molecular weight is 306 g/mol. The Labute approximate surface area is 129 Å². The maximum absolute atomic E-state index is 12.6. The quantitative estimate of drug-likeness (QED) is 0.794. The van der Waals surface area contributed by atoms with Crippen molar-refractivity contribution in [3.63, 3.8) is 0 Å². The number of likely N-dealkylation sites (tertiary alicyclic amines) is 1. The van der Waals surface area contributed by atoms with Crippen LogP contribution >= 0.6 is 0 Å². The minimum absolute atomic E-state index is 0.0343. The van der Waals surface area contributed by atoms with Crippen molar-refractivity contribution in [3.8, 4) is 0 Å². The number of carbonyl (C=O) groups is 2. The zero-order valence-electron chi connectivity index (χ0n) is 13.3. The number of esters is 1. The van der Waals surface area contributed by atoms with E-state index < -0.39 is 5.41 Å². The van der Waals surface area contributed by atoms with Gasteiger partial charge < -0.3 is 14.2 Å². The number of ether oxygens (including phenoxy) is 1. The molecule has 0 spiro atoms. The van der Waals surface area contributed by atoms with Crippen LogP contribution in [0.1, 0.15) is 36.3 Å². The molecule has 3 rings (SSSR count). The minimum Gasteiger partial charge on any atom is -0.469 e. The molecule has 1 saturated carbocycles. The van der Waals surface area contributed by atoms with E-state index in [2.05, 4.69) is 5.16 Å². The van der Waals surface area contributed by atoms with Crippen LogP contribution in [0.2, 0.25) is 0 Å². The molecule has 0 bridgehead atoms. The highest BCUT2D eigenvalue weighted by Gasteiger charge is 2.56. The van der Waals surface area contributed by atoms with Gasteiger partial charge in [-0.25, -0.2) is 0 Å². The van der Waals surface area contributed by atoms with Crippen molar-refractivity contribution in [1.82, 2.24) is 10.1 Å². The number of aromatic nitrogens is 1. The molecule has 0 N–H and O–H groups in total. The van der Waals surface area contributed by atoms with Gasteiger partial charge in [0.25, 0.3) is 0 Å². The first-order chi connectivity index (χ1) is 10.5. The standard InChI is InChI=1S/C16H22N2O4/c1-10-13(11(2)22-17-10)7-14(19)18-8-12-5-4-6-16(12,9-18)15(20)21-3/h12H,4-9H2,1-3H3/t12-,16-/m1/s1. The number of rotatable bonds is 3. The Kier molecular flexibility index (Phi) is 3.70. The Hall–Kier alpha value is -1.85. The molecule has 0 aromatic carbocycles. The first-order valence-electron chi connectivity index (χ1n) is 7.76. The van der Waals surface area contributed by atoms with Crippen LogP contribution in [-0.4, -0.2) is 42.1 Å². The number of aryl methyl sites for hydroxylation is 2. The molecular weight excluding hydrogens is 284 g/mol. The van der Waals surface area contributed by atoms with Crippen molar-refractivity contribution in [2.24, 2.45) is 11.3 Å². The molecule has 2 atom stereocenters. The first-order valence-corrected chi connectivity index (χ1v) is 7.76. The van der Waals surface area contributed by atoms with Crippen LogP contribution in [0.4, 0.5) is 0 Å². The predicted octanol–water partition coefficient (Wildman–Crippen LogP) is 1.64. The highest BCUT2D eigenvalue weighted by molar-refractivity contribution is 5.83. The number of methoxy groups -OCH3 is 1. The van der Waals surface area contributed by atoms with Gasteiger partial charge in [0, 0.05) is 18.7 Å². The SMILES string of the molecule is COC(=O)[C@@]12CCC[C@@H]1CN(C(=O)Cc1c(C)noc1C)C2. The fourth-order valence-electron chi connectivity index (χ4n) is 4.03. The van der Waals surface area contributed by atoms with Gasteiger partial charge >= 0.3 is 5.97 Å². The molecule has 1 aromatic rings. The molecule has 6 nitrogen and oxygen atoms in total. The number of hydrogen-bond acceptors (Lipinski definition) is 5. The lowest BCUT2D eigenvalue weighted by Crippen LogP contribution is -2.38. The summed E-state index contributed by atoms with van der Waals surface area (Å²) in [7, 11) is 1.43. The van der Waals surface area contributed by atoms with Gasteiger partial charge in [0.05, 0.1) is 24.6 Å². The molecule has 2 aliphatic rings.